The predicted octanol–water partition coefficient (Wildman–Crippen LogP) is 3.94. The average Bonchev–Trinajstić information content (AvgIpc) is 2.25. The lowest BCUT2D eigenvalue weighted by Crippen LogP contribution is -2.27. The van der Waals surface area contributed by atoms with E-state index in [1.54, 1.807) is 0 Å². The molecule has 0 aliphatic rings. The monoisotopic (exact) mass is 270 g/mol. The molecule has 0 radical (unpaired) electrons. The molecular weight excluding hydrogens is 262 g/mol. The van der Waals surface area contributed by atoms with Crippen LogP contribution in [-0.2, 0) is 11.0 Å². The number of halogens is 6. The minimum Gasteiger partial charge on any atom is -0.289 e. The fourth-order valence-corrected chi connectivity index (χ4v) is 1.36. The van der Waals surface area contributed by atoms with Gasteiger partial charge < -0.3 is 0 Å². The Bertz CT molecular complexity index is 428. The van der Waals surface area contributed by atoms with E-state index in [2.05, 4.69) is 0 Å². The van der Waals surface area contributed by atoms with Crippen LogP contribution in [0.5, 0.6) is 0 Å². The molecule has 0 aliphatic carbocycles. The van der Waals surface area contributed by atoms with Gasteiger partial charge in [0.1, 0.15) is 0 Å². The number of Topliss-reactive ketones (excluding diaryl/α,β-unsaturated/α-hetero) is 1. The first-order chi connectivity index (χ1) is 8.03. The van der Waals surface area contributed by atoms with Crippen LogP contribution < -0.4 is 0 Å². The third-order valence-electron chi connectivity index (χ3n) is 2.41. The summed E-state index contributed by atoms with van der Waals surface area (Å²) in [5.74, 6) is -3.51. The summed E-state index contributed by atoms with van der Waals surface area (Å²) < 4.78 is 73.0. The molecule has 100 valence electrons. The van der Waals surface area contributed by atoms with Crippen LogP contribution in [0, 0.1) is 0 Å². The maximum absolute atomic E-state index is 12.2. The van der Waals surface area contributed by atoms with Crippen molar-refractivity contribution in [1.82, 2.24) is 0 Å². The molecule has 0 saturated heterocycles. The number of rotatable bonds is 2. The van der Waals surface area contributed by atoms with Gasteiger partial charge in [0.15, 0.2) is 0 Å². The van der Waals surface area contributed by atoms with E-state index in [1.165, 1.54) is 0 Å². The van der Waals surface area contributed by atoms with Crippen LogP contribution in [0.3, 0.4) is 0 Å². The molecule has 1 aromatic rings. The summed E-state index contributed by atoms with van der Waals surface area (Å²) in [6.07, 6.45) is -9.56. The number of hydrogen-bond acceptors (Lipinski definition) is 1. The van der Waals surface area contributed by atoms with E-state index in [1.807, 2.05) is 0 Å². The van der Waals surface area contributed by atoms with E-state index in [0.717, 1.165) is 19.1 Å². The van der Waals surface area contributed by atoms with Gasteiger partial charge in [-0.2, -0.15) is 26.3 Å². The zero-order chi connectivity index (χ0) is 14.1. The summed E-state index contributed by atoms with van der Waals surface area (Å²) in [6, 6.07) is 3.04. The van der Waals surface area contributed by atoms with Crippen molar-refractivity contribution >= 4 is 5.78 Å². The van der Waals surface area contributed by atoms with Gasteiger partial charge >= 0.3 is 12.4 Å². The summed E-state index contributed by atoms with van der Waals surface area (Å²) in [5, 5.41) is 0. The molecule has 0 bridgehead atoms. The first-order valence-electron chi connectivity index (χ1n) is 4.81. The van der Waals surface area contributed by atoms with Crippen molar-refractivity contribution in [2.75, 3.05) is 0 Å². The van der Waals surface area contributed by atoms with Crippen molar-refractivity contribution in [2.45, 2.75) is 25.2 Å². The molecule has 1 unspecified atom stereocenters. The number of carbonyl (C=O) groups excluding carboxylic acids is 1. The highest BCUT2D eigenvalue weighted by molar-refractivity contribution is 5.90. The molecule has 1 atom stereocenters. The Hall–Kier alpha value is -1.53. The smallest absolute Gasteiger partial charge is 0.289 e. The van der Waals surface area contributed by atoms with Gasteiger partial charge in [0.2, 0.25) is 5.78 Å². The summed E-state index contributed by atoms with van der Waals surface area (Å²) in [5.41, 5.74) is -1.08. The van der Waals surface area contributed by atoms with E-state index in [0.29, 0.717) is 12.1 Å². The number of ketones is 1. The van der Waals surface area contributed by atoms with Crippen molar-refractivity contribution in [3.8, 4) is 0 Å². The second-order valence-electron chi connectivity index (χ2n) is 3.70. The summed E-state index contributed by atoms with van der Waals surface area (Å²) in [7, 11) is 0. The van der Waals surface area contributed by atoms with Crippen molar-refractivity contribution < 1.29 is 31.1 Å². The average molecular weight is 270 g/mol. The molecule has 0 heterocycles. The van der Waals surface area contributed by atoms with Gasteiger partial charge in [-0.05, 0) is 17.7 Å². The Balaban J connectivity index is 2.96. The van der Waals surface area contributed by atoms with Crippen molar-refractivity contribution in [3.63, 3.8) is 0 Å². The first-order valence-corrected chi connectivity index (χ1v) is 4.81. The number of carbonyl (C=O) groups is 1. The zero-order valence-corrected chi connectivity index (χ0v) is 9.06. The third-order valence-corrected chi connectivity index (χ3v) is 2.41. The topological polar surface area (TPSA) is 17.1 Å². The largest absolute Gasteiger partial charge is 0.450 e. The van der Waals surface area contributed by atoms with Crippen LogP contribution >= 0.6 is 0 Å². The standard InChI is InChI=1S/C11H8F6O/c1-6(9(18)11(15,16)17)7-2-4-8(5-3-7)10(12,13)14/h2-6H,1H3. The van der Waals surface area contributed by atoms with Crippen LogP contribution in [-0.4, -0.2) is 12.0 Å². The van der Waals surface area contributed by atoms with Gasteiger partial charge in [0.25, 0.3) is 0 Å². The van der Waals surface area contributed by atoms with E-state index in [9.17, 15) is 31.1 Å². The molecule has 1 nitrogen and oxygen atoms in total. The molecule has 0 fully saturated rings. The van der Waals surface area contributed by atoms with E-state index < -0.39 is 29.6 Å². The molecule has 7 heteroatoms. The highest BCUT2D eigenvalue weighted by Gasteiger charge is 2.42. The van der Waals surface area contributed by atoms with E-state index in [4.69, 9.17) is 0 Å². The van der Waals surface area contributed by atoms with Crippen molar-refractivity contribution in [1.29, 1.82) is 0 Å². The minimum absolute atomic E-state index is 0.106. The maximum Gasteiger partial charge on any atom is 0.450 e. The summed E-state index contributed by atoms with van der Waals surface area (Å²) in [4.78, 5) is 10.9. The van der Waals surface area contributed by atoms with E-state index in [-0.39, 0.29) is 5.56 Å². The lowest BCUT2D eigenvalue weighted by molar-refractivity contribution is -0.172. The van der Waals surface area contributed by atoms with Crippen molar-refractivity contribution in [3.05, 3.63) is 35.4 Å². The fraction of sp³-hybridized carbons (Fsp3) is 0.364. The summed E-state index contributed by atoms with van der Waals surface area (Å²) >= 11 is 0. The van der Waals surface area contributed by atoms with E-state index >= 15 is 0 Å². The maximum atomic E-state index is 12.2. The van der Waals surface area contributed by atoms with Crippen LogP contribution in [0.25, 0.3) is 0 Å². The Kier molecular flexibility index (Phi) is 3.73. The number of alkyl halides is 6. The molecular formula is C11H8F6O. The Morgan fingerprint density at radius 1 is 1.00 bits per heavy atom. The van der Waals surface area contributed by atoms with Gasteiger partial charge in [0, 0.05) is 5.92 Å². The molecule has 0 aliphatic heterocycles. The van der Waals surface area contributed by atoms with Crippen LogP contribution in [0.15, 0.2) is 24.3 Å². The fourth-order valence-electron chi connectivity index (χ4n) is 1.36. The number of hydrogen-bond donors (Lipinski definition) is 0. The molecule has 0 amide bonds. The Labute approximate surface area is 98.4 Å². The van der Waals surface area contributed by atoms with Crippen molar-refractivity contribution in [2.24, 2.45) is 0 Å². The number of benzene rings is 1. The third kappa shape index (κ3) is 3.24. The highest BCUT2D eigenvalue weighted by Crippen LogP contribution is 2.32. The minimum atomic E-state index is -5.00. The van der Waals surface area contributed by atoms with Gasteiger partial charge in [-0.1, -0.05) is 19.1 Å². The normalized spacial score (nSPS) is 14.4. The zero-order valence-electron chi connectivity index (χ0n) is 9.06. The lowest BCUT2D eigenvalue weighted by Gasteiger charge is -2.14. The van der Waals surface area contributed by atoms with Crippen LogP contribution in [0.4, 0.5) is 26.3 Å². The molecule has 1 rings (SSSR count). The lowest BCUT2D eigenvalue weighted by atomic mass is 9.95. The van der Waals surface area contributed by atoms with Crippen LogP contribution in [0.2, 0.25) is 0 Å². The second-order valence-corrected chi connectivity index (χ2v) is 3.70. The molecule has 1 aromatic carbocycles. The second kappa shape index (κ2) is 4.62. The van der Waals surface area contributed by atoms with Gasteiger partial charge in [-0.3, -0.25) is 4.79 Å². The van der Waals surface area contributed by atoms with Gasteiger partial charge in [-0.25, -0.2) is 0 Å². The van der Waals surface area contributed by atoms with Gasteiger partial charge in [-0.15, -0.1) is 0 Å². The molecule has 18 heavy (non-hydrogen) atoms. The molecule has 0 aromatic heterocycles. The first kappa shape index (κ1) is 14.5. The SMILES string of the molecule is CC(C(=O)C(F)(F)F)c1ccc(C(F)(F)F)cc1. The Morgan fingerprint density at radius 2 is 1.44 bits per heavy atom. The predicted molar refractivity (Wildman–Crippen MR) is 50.9 cm³/mol. The van der Waals surface area contributed by atoms with Gasteiger partial charge in [0.05, 0.1) is 5.56 Å². The Morgan fingerprint density at radius 3 is 1.78 bits per heavy atom. The molecule has 0 N–H and O–H groups in total. The van der Waals surface area contributed by atoms with Crippen LogP contribution in [0.1, 0.15) is 24.0 Å². The quantitative estimate of drug-likeness (QED) is 0.744. The molecule has 0 spiro atoms. The highest BCUT2D eigenvalue weighted by atomic mass is 19.4. The molecule has 0 saturated carbocycles. The summed E-state index contributed by atoms with van der Waals surface area (Å²) in [6.45, 7) is 0.998.